The van der Waals surface area contributed by atoms with Crippen LogP contribution in [0.2, 0.25) is 0 Å². The van der Waals surface area contributed by atoms with Crippen LogP contribution in [0.25, 0.3) is 10.9 Å². The monoisotopic (exact) mass is 553 g/mol. The number of ether oxygens (including phenoxy) is 1. The number of rotatable bonds is 13. The first-order valence-electron chi connectivity index (χ1n) is 12.7. The lowest BCUT2D eigenvalue weighted by molar-refractivity contribution is -0.159. The van der Waals surface area contributed by atoms with Gasteiger partial charge < -0.3 is 37.6 Å². The fourth-order valence-electron chi connectivity index (χ4n) is 4.01. The molecule has 0 spiro atoms. The zero-order valence-corrected chi connectivity index (χ0v) is 22.2. The van der Waals surface area contributed by atoms with Crippen LogP contribution in [0.15, 0.2) is 59.7 Å². The zero-order chi connectivity index (χ0) is 29.2. The average molecular weight is 554 g/mol. The van der Waals surface area contributed by atoms with Gasteiger partial charge in [-0.2, -0.15) is 0 Å². The number of nitrogens with zero attached hydrogens (tertiary/aromatic N) is 2. The summed E-state index contributed by atoms with van der Waals surface area (Å²) in [5, 5.41) is 10.5. The maximum atomic E-state index is 12.9. The van der Waals surface area contributed by atoms with E-state index in [-0.39, 0.29) is 30.6 Å². The second-order valence-electron chi connectivity index (χ2n) is 9.42. The number of hydroxylamine groups is 1. The van der Waals surface area contributed by atoms with Crippen LogP contribution in [0.3, 0.4) is 0 Å². The molecule has 13 nitrogen and oxygen atoms in total. The lowest BCUT2D eigenvalue weighted by Gasteiger charge is -2.16. The van der Waals surface area contributed by atoms with Crippen LogP contribution in [-0.4, -0.2) is 58.3 Å². The number of carboxylic acids is 1. The highest BCUT2D eigenvalue weighted by atomic mass is 16.7. The number of aliphatic imine (C=N–C) groups is 1. The normalized spacial score (nSPS) is 13.3. The molecular formula is C27H35N7O6. The number of carbonyl (C=O) groups is 3. The number of hydrogen-bond donors (Lipinski definition) is 6. The summed E-state index contributed by atoms with van der Waals surface area (Å²) in [5.74, 6) is -1.82. The van der Waals surface area contributed by atoms with Crippen molar-refractivity contribution in [1.29, 1.82) is 0 Å². The third-order valence-corrected chi connectivity index (χ3v) is 5.97. The van der Waals surface area contributed by atoms with E-state index in [9.17, 15) is 19.5 Å². The molecule has 10 N–H and O–H groups in total. The number of aromatic nitrogens is 1. The number of carbonyl (C=O) groups excluding carboxylic acids is 2. The molecule has 0 saturated carbocycles. The van der Waals surface area contributed by atoms with Gasteiger partial charge in [0.15, 0.2) is 5.96 Å². The SMILES string of the molecule is C[C@@H](N)Cc1cn(C(=O)Oc2ccc(C[C@H](NOC(=O)[C@@H](N)CCCN=C(N)N)C(=O)O)cc2)c2ccccc12. The van der Waals surface area contributed by atoms with Crippen molar-refractivity contribution in [2.75, 3.05) is 6.54 Å². The predicted molar refractivity (Wildman–Crippen MR) is 149 cm³/mol. The summed E-state index contributed by atoms with van der Waals surface area (Å²) in [7, 11) is 0. The lowest BCUT2D eigenvalue weighted by atomic mass is 10.1. The van der Waals surface area contributed by atoms with Crippen molar-refractivity contribution in [2.45, 2.75) is 50.7 Å². The first-order chi connectivity index (χ1) is 19.0. The highest BCUT2D eigenvalue weighted by Gasteiger charge is 2.23. The number of nitrogens with one attached hydrogen (secondary N) is 1. The van der Waals surface area contributed by atoms with Gasteiger partial charge in [-0.1, -0.05) is 30.3 Å². The minimum atomic E-state index is -1.24. The topological polar surface area (TPSA) is 223 Å². The summed E-state index contributed by atoms with van der Waals surface area (Å²) >= 11 is 0. The molecule has 0 fully saturated rings. The van der Waals surface area contributed by atoms with Crippen LogP contribution < -0.4 is 33.2 Å². The van der Waals surface area contributed by atoms with Gasteiger partial charge in [0.1, 0.15) is 17.8 Å². The van der Waals surface area contributed by atoms with Crippen LogP contribution in [-0.2, 0) is 27.3 Å². The van der Waals surface area contributed by atoms with E-state index in [0.29, 0.717) is 30.5 Å². The first kappa shape index (κ1) is 30.1. The fourth-order valence-corrected chi connectivity index (χ4v) is 4.01. The van der Waals surface area contributed by atoms with Gasteiger partial charge in [-0.25, -0.2) is 9.59 Å². The molecule has 1 heterocycles. The summed E-state index contributed by atoms with van der Waals surface area (Å²) in [6.45, 7) is 2.20. The first-order valence-corrected chi connectivity index (χ1v) is 12.7. The van der Waals surface area contributed by atoms with Crippen molar-refractivity contribution >= 4 is 34.9 Å². The van der Waals surface area contributed by atoms with Crippen LogP contribution in [0.1, 0.15) is 30.9 Å². The Hall–Kier alpha value is -4.46. The van der Waals surface area contributed by atoms with Gasteiger partial charge in [0.25, 0.3) is 0 Å². The molecule has 3 aromatic rings. The Bertz CT molecular complexity index is 1350. The van der Waals surface area contributed by atoms with Gasteiger partial charge >= 0.3 is 18.0 Å². The van der Waals surface area contributed by atoms with Crippen LogP contribution >= 0.6 is 0 Å². The fraction of sp³-hybridized carbons (Fsp3) is 0.333. The second kappa shape index (κ2) is 14.1. The molecule has 40 heavy (non-hydrogen) atoms. The second-order valence-corrected chi connectivity index (χ2v) is 9.42. The molecule has 3 rings (SSSR count). The summed E-state index contributed by atoms with van der Waals surface area (Å²) in [5.41, 5.74) is 26.7. The third kappa shape index (κ3) is 8.53. The number of benzene rings is 2. The van der Waals surface area contributed by atoms with Crippen molar-refractivity contribution in [3.63, 3.8) is 0 Å². The lowest BCUT2D eigenvalue weighted by Crippen LogP contribution is -2.43. The molecule has 0 amide bonds. The molecule has 0 radical (unpaired) electrons. The minimum absolute atomic E-state index is 0.0144. The Balaban J connectivity index is 1.58. The molecule has 13 heteroatoms. The molecule has 214 valence electrons. The standard InChI is InChI=1S/C27H35N7O6/c1-16(28)13-18-15-34(23-7-3-2-5-20(18)23)27(38)39-19-10-8-17(9-11-19)14-22(24(35)36)33-40-25(37)21(29)6-4-12-32-26(30)31/h2-3,5,7-11,15-16,21-22,33H,4,6,12-14,28-29H2,1H3,(H,35,36)(H4,30,31,32)/t16-,21+,22+/m1/s1. The third-order valence-electron chi connectivity index (χ3n) is 5.97. The van der Waals surface area contributed by atoms with E-state index in [1.54, 1.807) is 30.5 Å². The van der Waals surface area contributed by atoms with Gasteiger partial charge in [0, 0.05) is 30.6 Å². The predicted octanol–water partition coefficient (Wildman–Crippen LogP) is 1.00. The minimum Gasteiger partial charge on any atom is -0.480 e. The average Bonchev–Trinajstić information content (AvgIpc) is 3.27. The molecule has 3 atom stereocenters. The summed E-state index contributed by atoms with van der Waals surface area (Å²) in [6.07, 6.45) is 2.43. The number of hydrogen-bond acceptors (Lipinski definition) is 9. The molecule has 1 aromatic heterocycles. The van der Waals surface area contributed by atoms with Gasteiger partial charge in [0.2, 0.25) is 0 Å². The molecule has 0 aliphatic heterocycles. The molecule has 0 saturated heterocycles. The van der Waals surface area contributed by atoms with Crippen LogP contribution in [0.4, 0.5) is 4.79 Å². The number of aliphatic carboxylic acids is 1. The molecule has 0 unspecified atom stereocenters. The number of fused-ring (bicyclic) bond motifs is 1. The van der Waals surface area contributed by atoms with E-state index in [0.717, 1.165) is 10.9 Å². The maximum absolute atomic E-state index is 12.9. The smallest absolute Gasteiger partial charge is 0.423 e. The van der Waals surface area contributed by atoms with Gasteiger partial charge in [-0.15, -0.1) is 5.48 Å². The molecule has 0 bridgehead atoms. The van der Waals surface area contributed by atoms with E-state index in [1.165, 1.54) is 4.57 Å². The van der Waals surface area contributed by atoms with E-state index >= 15 is 0 Å². The van der Waals surface area contributed by atoms with Crippen molar-refractivity contribution in [3.05, 3.63) is 65.9 Å². The quantitative estimate of drug-likeness (QED) is 0.0758. The van der Waals surface area contributed by atoms with Crippen molar-refractivity contribution in [1.82, 2.24) is 10.0 Å². The highest BCUT2D eigenvalue weighted by molar-refractivity contribution is 5.92. The van der Waals surface area contributed by atoms with E-state index in [1.807, 2.05) is 31.2 Å². The Morgan fingerprint density at radius 3 is 2.40 bits per heavy atom. The Morgan fingerprint density at radius 2 is 1.75 bits per heavy atom. The van der Waals surface area contributed by atoms with E-state index in [2.05, 4.69) is 10.5 Å². The molecule has 0 aliphatic carbocycles. The molecule has 2 aromatic carbocycles. The number of para-hydroxylation sites is 1. The number of carboxylic acid groups (broad SMARTS) is 1. The van der Waals surface area contributed by atoms with E-state index < -0.39 is 30.1 Å². The van der Waals surface area contributed by atoms with Gasteiger partial charge in [0.05, 0.1) is 5.52 Å². The summed E-state index contributed by atoms with van der Waals surface area (Å²) in [4.78, 5) is 45.5. The zero-order valence-electron chi connectivity index (χ0n) is 22.2. The van der Waals surface area contributed by atoms with E-state index in [4.69, 9.17) is 32.5 Å². The number of nitrogens with two attached hydrogens (primary N) is 4. The number of guanidine groups is 1. The van der Waals surface area contributed by atoms with Crippen molar-refractivity contribution < 1.29 is 29.1 Å². The maximum Gasteiger partial charge on any atom is 0.423 e. The Kier molecular flexibility index (Phi) is 10.6. The van der Waals surface area contributed by atoms with Crippen LogP contribution in [0.5, 0.6) is 5.75 Å². The molecule has 0 aliphatic rings. The van der Waals surface area contributed by atoms with Crippen LogP contribution in [0, 0.1) is 0 Å². The molecular weight excluding hydrogens is 518 g/mol. The Morgan fingerprint density at radius 1 is 1.05 bits per heavy atom. The largest absolute Gasteiger partial charge is 0.480 e. The van der Waals surface area contributed by atoms with Crippen molar-refractivity contribution in [2.24, 2.45) is 27.9 Å². The van der Waals surface area contributed by atoms with Gasteiger partial charge in [-0.05, 0) is 55.5 Å². The summed E-state index contributed by atoms with van der Waals surface area (Å²) in [6, 6.07) is 11.6. The Labute approximate surface area is 231 Å². The van der Waals surface area contributed by atoms with Crippen molar-refractivity contribution in [3.8, 4) is 5.75 Å². The summed E-state index contributed by atoms with van der Waals surface area (Å²) < 4.78 is 6.98. The highest BCUT2D eigenvalue weighted by Crippen LogP contribution is 2.23. The van der Waals surface area contributed by atoms with Gasteiger partial charge in [-0.3, -0.25) is 14.4 Å².